The lowest BCUT2D eigenvalue weighted by Crippen LogP contribution is -2.18. The van der Waals surface area contributed by atoms with Gasteiger partial charge in [0.2, 0.25) is 5.91 Å². The van der Waals surface area contributed by atoms with Crippen molar-refractivity contribution in [2.24, 2.45) is 0 Å². The summed E-state index contributed by atoms with van der Waals surface area (Å²) >= 11 is 5.66. The van der Waals surface area contributed by atoms with Crippen LogP contribution in [0, 0.1) is 11.6 Å². The van der Waals surface area contributed by atoms with E-state index >= 15 is 0 Å². The molecule has 0 aliphatic heterocycles. The summed E-state index contributed by atoms with van der Waals surface area (Å²) in [5.74, 6) is -2.09. The van der Waals surface area contributed by atoms with E-state index in [4.69, 9.17) is 25.4 Å². The fourth-order valence-electron chi connectivity index (χ4n) is 3.09. The molecular formula is C21H22ClF2N4O5P. The van der Waals surface area contributed by atoms with Crippen LogP contribution >= 0.6 is 19.2 Å². The molecule has 2 N–H and O–H groups in total. The maximum atomic E-state index is 14.4. The Morgan fingerprint density at radius 3 is 2.47 bits per heavy atom. The SMILES string of the molecule is CCOP(=O)(CC(=O)Nc1cc2c(Nc3ccc(F)c(Cl)c3F)ncnc2cc1OC)OCC. The van der Waals surface area contributed by atoms with Gasteiger partial charge in [0.25, 0.3) is 0 Å². The van der Waals surface area contributed by atoms with Crippen molar-refractivity contribution in [2.75, 3.05) is 37.1 Å². The topological polar surface area (TPSA) is 112 Å². The number of nitrogens with one attached hydrogen (secondary N) is 2. The highest BCUT2D eigenvalue weighted by molar-refractivity contribution is 7.54. The van der Waals surface area contributed by atoms with Crippen molar-refractivity contribution in [2.45, 2.75) is 13.8 Å². The normalized spacial score (nSPS) is 11.5. The maximum absolute atomic E-state index is 14.4. The van der Waals surface area contributed by atoms with Crippen LogP contribution in [-0.4, -0.2) is 42.4 Å². The lowest BCUT2D eigenvalue weighted by Gasteiger charge is -2.18. The molecule has 9 nitrogen and oxygen atoms in total. The van der Waals surface area contributed by atoms with Crippen LogP contribution < -0.4 is 15.4 Å². The van der Waals surface area contributed by atoms with Crippen molar-refractivity contribution in [1.82, 2.24) is 9.97 Å². The zero-order chi connectivity index (χ0) is 24.9. The Kier molecular flexibility index (Phi) is 8.37. The molecule has 1 amide bonds. The Hall–Kier alpha value is -2.85. The van der Waals surface area contributed by atoms with Crippen LogP contribution in [0.5, 0.6) is 5.75 Å². The number of aromatic nitrogens is 2. The molecule has 0 unspecified atom stereocenters. The van der Waals surface area contributed by atoms with Gasteiger partial charge in [-0.25, -0.2) is 18.7 Å². The standard InChI is InChI=1S/C21H22ClF2N4O5P/c1-4-32-34(30,33-5-2)10-18(29)27-16-8-12-15(9-17(16)31-3)25-11-26-21(12)28-14-7-6-13(23)19(22)20(14)24/h6-9,11H,4-5,10H2,1-3H3,(H,27,29)(H,25,26,28). The average Bonchev–Trinajstić information content (AvgIpc) is 2.79. The van der Waals surface area contributed by atoms with E-state index in [1.807, 2.05) is 0 Å². The van der Waals surface area contributed by atoms with E-state index in [1.165, 1.54) is 31.6 Å². The number of carbonyl (C=O) groups excluding carboxylic acids is 1. The molecule has 34 heavy (non-hydrogen) atoms. The van der Waals surface area contributed by atoms with Crippen molar-refractivity contribution in [3.63, 3.8) is 0 Å². The first-order valence-electron chi connectivity index (χ1n) is 10.1. The molecule has 0 atom stereocenters. The average molecular weight is 515 g/mol. The summed E-state index contributed by atoms with van der Waals surface area (Å²) in [5.41, 5.74) is 0.521. The van der Waals surface area contributed by atoms with Crippen LogP contribution in [0.4, 0.5) is 26.0 Å². The fourth-order valence-corrected chi connectivity index (χ4v) is 4.73. The summed E-state index contributed by atoms with van der Waals surface area (Å²) in [4.78, 5) is 20.9. The van der Waals surface area contributed by atoms with E-state index in [1.54, 1.807) is 13.8 Å². The quantitative estimate of drug-likeness (QED) is 0.269. The van der Waals surface area contributed by atoms with E-state index < -0.39 is 36.3 Å². The molecule has 1 aromatic heterocycles. The molecule has 0 bridgehead atoms. The molecule has 0 aliphatic rings. The van der Waals surface area contributed by atoms with Crippen LogP contribution in [0.15, 0.2) is 30.6 Å². The van der Waals surface area contributed by atoms with E-state index in [9.17, 15) is 18.1 Å². The van der Waals surface area contributed by atoms with Gasteiger partial charge in [-0.15, -0.1) is 0 Å². The van der Waals surface area contributed by atoms with Crippen LogP contribution in [-0.2, 0) is 18.4 Å². The molecule has 3 rings (SSSR count). The first-order chi connectivity index (χ1) is 16.2. The number of hydrogen-bond donors (Lipinski definition) is 2. The van der Waals surface area contributed by atoms with Gasteiger partial charge in [-0.2, -0.15) is 0 Å². The zero-order valence-electron chi connectivity index (χ0n) is 18.5. The monoisotopic (exact) mass is 514 g/mol. The number of ether oxygens (including phenoxy) is 1. The maximum Gasteiger partial charge on any atom is 0.340 e. The third-order valence-corrected chi connectivity index (χ3v) is 6.83. The molecule has 182 valence electrons. The minimum Gasteiger partial charge on any atom is -0.494 e. The highest BCUT2D eigenvalue weighted by atomic mass is 35.5. The van der Waals surface area contributed by atoms with Crippen molar-refractivity contribution >= 4 is 53.2 Å². The van der Waals surface area contributed by atoms with Crippen molar-refractivity contribution in [3.8, 4) is 5.75 Å². The highest BCUT2D eigenvalue weighted by Gasteiger charge is 2.28. The molecule has 0 spiro atoms. The number of benzene rings is 2. The van der Waals surface area contributed by atoms with Gasteiger partial charge >= 0.3 is 7.60 Å². The number of fused-ring (bicyclic) bond motifs is 1. The number of methoxy groups -OCH3 is 1. The molecule has 2 aromatic carbocycles. The molecular weight excluding hydrogens is 493 g/mol. The van der Waals surface area contributed by atoms with Crippen LogP contribution in [0.2, 0.25) is 5.02 Å². The lowest BCUT2D eigenvalue weighted by molar-refractivity contribution is -0.114. The van der Waals surface area contributed by atoms with Gasteiger partial charge in [0.1, 0.15) is 34.9 Å². The molecule has 1 heterocycles. The Labute approximate surface area is 199 Å². The van der Waals surface area contributed by atoms with Gasteiger partial charge in [-0.1, -0.05) is 11.6 Å². The van der Waals surface area contributed by atoms with E-state index in [0.717, 1.165) is 6.07 Å². The summed E-state index contributed by atoms with van der Waals surface area (Å²) in [5, 5.41) is 5.10. The Morgan fingerprint density at radius 2 is 1.82 bits per heavy atom. The zero-order valence-corrected chi connectivity index (χ0v) is 20.2. The minimum absolute atomic E-state index is 0.109. The molecule has 0 saturated carbocycles. The minimum atomic E-state index is -3.63. The highest BCUT2D eigenvalue weighted by Crippen LogP contribution is 2.48. The summed E-state index contributed by atoms with van der Waals surface area (Å²) in [6, 6.07) is 5.23. The summed E-state index contributed by atoms with van der Waals surface area (Å²) in [7, 11) is -2.23. The third kappa shape index (κ3) is 5.79. The number of halogens is 3. The van der Waals surface area contributed by atoms with Crippen molar-refractivity contribution in [1.29, 1.82) is 0 Å². The van der Waals surface area contributed by atoms with Gasteiger partial charge in [-0.3, -0.25) is 9.36 Å². The number of hydrogen-bond acceptors (Lipinski definition) is 8. The van der Waals surface area contributed by atoms with Crippen molar-refractivity contribution < 1.29 is 31.9 Å². The second-order valence-electron chi connectivity index (χ2n) is 6.79. The fraction of sp³-hybridized carbons (Fsp3) is 0.286. The smallest absolute Gasteiger partial charge is 0.340 e. The summed E-state index contributed by atoms with van der Waals surface area (Å²) in [6.07, 6.45) is 0.734. The van der Waals surface area contributed by atoms with E-state index in [0.29, 0.717) is 10.9 Å². The summed E-state index contributed by atoms with van der Waals surface area (Å²) < 4.78 is 56.2. The molecule has 3 aromatic rings. The third-order valence-electron chi connectivity index (χ3n) is 4.51. The number of carbonyl (C=O) groups is 1. The first kappa shape index (κ1) is 25.8. The number of anilines is 3. The van der Waals surface area contributed by atoms with Crippen LogP contribution in [0.3, 0.4) is 0 Å². The lowest BCUT2D eigenvalue weighted by atomic mass is 10.2. The van der Waals surface area contributed by atoms with Crippen LogP contribution in [0.1, 0.15) is 13.8 Å². The largest absolute Gasteiger partial charge is 0.494 e. The summed E-state index contributed by atoms with van der Waals surface area (Å²) in [6.45, 7) is 3.50. The Morgan fingerprint density at radius 1 is 1.12 bits per heavy atom. The van der Waals surface area contributed by atoms with Crippen LogP contribution in [0.25, 0.3) is 10.9 Å². The van der Waals surface area contributed by atoms with Crippen molar-refractivity contribution in [3.05, 3.63) is 47.2 Å². The van der Waals surface area contributed by atoms with E-state index in [-0.39, 0.29) is 36.2 Å². The second-order valence-corrected chi connectivity index (χ2v) is 9.22. The van der Waals surface area contributed by atoms with Gasteiger partial charge in [0, 0.05) is 11.5 Å². The predicted octanol–water partition coefficient (Wildman–Crippen LogP) is 5.52. The Balaban J connectivity index is 1.96. The first-order valence-corrected chi connectivity index (χ1v) is 12.2. The van der Waals surface area contributed by atoms with Gasteiger partial charge in [-0.05, 0) is 32.0 Å². The molecule has 0 saturated heterocycles. The molecule has 0 aliphatic carbocycles. The predicted molar refractivity (Wildman–Crippen MR) is 125 cm³/mol. The van der Waals surface area contributed by atoms with Gasteiger partial charge in [0.15, 0.2) is 5.82 Å². The molecule has 0 radical (unpaired) electrons. The molecule has 0 fully saturated rings. The van der Waals surface area contributed by atoms with Gasteiger partial charge in [0.05, 0.1) is 37.2 Å². The number of rotatable bonds is 10. The van der Waals surface area contributed by atoms with E-state index in [2.05, 4.69) is 20.6 Å². The Bertz CT molecular complexity index is 1250. The molecule has 13 heteroatoms. The van der Waals surface area contributed by atoms with Gasteiger partial charge < -0.3 is 24.4 Å². The number of amides is 1. The number of nitrogens with zero attached hydrogens (tertiary/aromatic N) is 2. The second kappa shape index (κ2) is 11.1.